The fraction of sp³-hybridized carbons (Fsp3) is 0.500. The second-order valence-electron chi connectivity index (χ2n) is 17.9. The van der Waals surface area contributed by atoms with E-state index < -0.39 is 46.9 Å². The van der Waals surface area contributed by atoms with Crippen LogP contribution in [0.1, 0.15) is 88.5 Å². The van der Waals surface area contributed by atoms with Crippen molar-refractivity contribution in [1.82, 2.24) is 9.80 Å². The molecule has 0 aromatic heterocycles. The number of Topliss-reactive ketones (excluding diaryl/α,β-unsaturated/α-hetero) is 1. The van der Waals surface area contributed by atoms with Crippen molar-refractivity contribution in [3.8, 4) is 0 Å². The molecule has 13 nitrogen and oxygen atoms in total. The van der Waals surface area contributed by atoms with Gasteiger partial charge in [0.1, 0.15) is 5.82 Å². The molecule has 0 aliphatic carbocycles. The Hall–Kier alpha value is -5.47. The van der Waals surface area contributed by atoms with Gasteiger partial charge in [0.15, 0.2) is 5.78 Å². The molecule has 0 saturated carbocycles. The molecule has 3 heterocycles. The number of nitrogens with zero attached hydrogens (tertiary/aromatic N) is 4. The standard InChI is InChI=1S/C48H59FN4O9/c1-47(2,59)36(26-43(55)61-5)45(57)52-21-7-9-40(52)39-25-33-16-15-32(23-38(33)50-39)29-51(35-19-17-34(49)18-20-35)28-31-13-11-30(12-14-31)24-42(54)41-10-8-22-53(41)46(58)37(48(3,4)60)27-44(56)62-6/h11-20,23,36-37,40-41,59-60H,7-10,21-22,24-29H2,1-6H3/t36-,37-,40+,41+/m1/s1. The van der Waals surface area contributed by atoms with E-state index >= 15 is 0 Å². The van der Waals surface area contributed by atoms with Crippen LogP contribution in [0.5, 0.6) is 0 Å². The van der Waals surface area contributed by atoms with Crippen LogP contribution in [0.25, 0.3) is 0 Å². The molecule has 14 heteroatoms. The van der Waals surface area contributed by atoms with E-state index in [-0.39, 0.29) is 42.8 Å². The van der Waals surface area contributed by atoms with Gasteiger partial charge in [-0.3, -0.25) is 29.0 Å². The first kappa shape index (κ1) is 46.0. The Bertz CT molecular complexity index is 2160. The summed E-state index contributed by atoms with van der Waals surface area (Å²) in [6, 6.07) is 19.3. The van der Waals surface area contributed by atoms with Gasteiger partial charge in [-0.25, -0.2) is 4.39 Å². The highest BCUT2D eigenvalue weighted by atomic mass is 19.1. The number of hydrogen-bond donors (Lipinski definition) is 2. The van der Waals surface area contributed by atoms with Gasteiger partial charge in [-0.2, -0.15) is 0 Å². The number of amides is 2. The molecule has 62 heavy (non-hydrogen) atoms. The summed E-state index contributed by atoms with van der Waals surface area (Å²) >= 11 is 0. The largest absolute Gasteiger partial charge is 0.469 e. The van der Waals surface area contributed by atoms with E-state index in [1.54, 1.807) is 17.0 Å². The summed E-state index contributed by atoms with van der Waals surface area (Å²) < 4.78 is 23.7. The van der Waals surface area contributed by atoms with E-state index in [0.29, 0.717) is 45.4 Å². The van der Waals surface area contributed by atoms with Crippen molar-refractivity contribution in [1.29, 1.82) is 0 Å². The average molecular weight is 855 g/mol. The summed E-state index contributed by atoms with van der Waals surface area (Å²) in [5.41, 5.74) is 3.35. The van der Waals surface area contributed by atoms with Crippen molar-refractivity contribution in [2.45, 2.75) is 115 Å². The molecular formula is C48H59FN4O9. The summed E-state index contributed by atoms with van der Waals surface area (Å²) in [5.74, 6) is -4.36. The van der Waals surface area contributed by atoms with Crippen molar-refractivity contribution in [3.05, 3.63) is 94.8 Å². The monoisotopic (exact) mass is 854 g/mol. The number of aliphatic hydroxyl groups is 2. The van der Waals surface area contributed by atoms with Crippen LogP contribution in [0.4, 0.5) is 15.8 Å². The van der Waals surface area contributed by atoms with Crippen LogP contribution < -0.4 is 4.90 Å². The molecule has 332 valence electrons. The molecule has 2 fully saturated rings. The van der Waals surface area contributed by atoms with Gasteiger partial charge in [0.2, 0.25) is 11.8 Å². The third-order valence-electron chi connectivity index (χ3n) is 12.5. The molecule has 2 N–H and O–H groups in total. The molecule has 4 atom stereocenters. The molecule has 3 aromatic rings. The van der Waals surface area contributed by atoms with Crippen molar-refractivity contribution >= 4 is 46.6 Å². The first-order valence-electron chi connectivity index (χ1n) is 21.4. The summed E-state index contributed by atoms with van der Waals surface area (Å²) in [6.07, 6.45) is 2.83. The summed E-state index contributed by atoms with van der Waals surface area (Å²) in [4.78, 5) is 75.8. The molecule has 3 aliphatic heterocycles. The summed E-state index contributed by atoms with van der Waals surface area (Å²) in [7, 11) is 2.49. The lowest BCUT2D eigenvalue weighted by atomic mass is 9.86. The SMILES string of the molecule is COC(=O)C[C@H](C(=O)N1CCC[C@H]1C(=O)Cc1ccc(CN(Cc2ccc3c(c2)N=C([C@@H]2CCCN2C(=O)[C@@H](CC(=O)OC)C(C)(C)O)C3)c2ccc(F)cc2)cc1)C(C)(C)O. The fourth-order valence-electron chi connectivity index (χ4n) is 8.88. The topological polar surface area (TPSA) is 166 Å². The second-order valence-corrected chi connectivity index (χ2v) is 17.9. The highest BCUT2D eigenvalue weighted by Gasteiger charge is 2.44. The number of methoxy groups -OCH3 is 2. The number of aliphatic imine (C=N–C) groups is 1. The molecule has 0 radical (unpaired) electrons. The lowest BCUT2D eigenvalue weighted by Crippen LogP contribution is -2.50. The molecule has 0 unspecified atom stereocenters. The second kappa shape index (κ2) is 19.3. The predicted molar refractivity (Wildman–Crippen MR) is 231 cm³/mol. The van der Waals surface area contributed by atoms with Crippen molar-refractivity contribution in [2.24, 2.45) is 16.8 Å². The first-order chi connectivity index (χ1) is 29.4. The van der Waals surface area contributed by atoms with E-state index in [1.807, 2.05) is 30.3 Å². The maximum atomic E-state index is 14.1. The highest BCUT2D eigenvalue weighted by molar-refractivity contribution is 6.01. The van der Waals surface area contributed by atoms with Crippen molar-refractivity contribution < 1.29 is 48.0 Å². The van der Waals surface area contributed by atoms with Gasteiger partial charge in [-0.15, -0.1) is 0 Å². The quantitative estimate of drug-likeness (QED) is 0.162. The van der Waals surface area contributed by atoms with Crippen LogP contribution in [0, 0.1) is 17.7 Å². The van der Waals surface area contributed by atoms with Crippen LogP contribution >= 0.6 is 0 Å². The maximum absolute atomic E-state index is 14.1. The number of hydrogen-bond acceptors (Lipinski definition) is 11. The minimum atomic E-state index is -1.49. The highest BCUT2D eigenvalue weighted by Crippen LogP contribution is 2.36. The number of halogens is 1. The number of benzene rings is 3. The Morgan fingerprint density at radius 1 is 0.758 bits per heavy atom. The van der Waals surface area contributed by atoms with Gasteiger partial charge < -0.3 is 34.4 Å². The van der Waals surface area contributed by atoms with Crippen molar-refractivity contribution in [3.63, 3.8) is 0 Å². The summed E-state index contributed by atoms with van der Waals surface area (Å²) in [6.45, 7) is 7.84. The number of likely N-dealkylation sites (tertiary alicyclic amines) is 2. The minimum Gasteiger partial charge on any atom is -0.469 e. The van der Waals surface area contributed by atoms with E-state index in [1.165, 1.54) is 58.9 Å². The molecule has 6 rings (SSSR count). The van der Waals surface area contributed by atoms with E-state index in [0.717, 1.165) is 52.2 Å². The molecule has 3 aromatic carbocycles. The lowest BCUT2D eigenvalue weighted by molar-refractivity contribution is -0.155. The Labute approximate surface area is 362 Å². The third-order valence-corrected chi connectivity index (χ3v) is 12.5. The van der Waals surface area contributed by atoms with Gasteiger partial charge >= 0.3 is 11.9 Å². The molecule has 2 saturated heterocycles. The minimum absolute atomic E-state index is 0.110. The van der Waals surface area contributed by atoms with Gasteiger partial charge in [-0.05, 0) is 106 Å². The zero-order chi connectivity index (χ0) is 44.9. The number of carbonyl (C=O) groups is 5. The van der Waals surface area contributed by atoms with Crippen LogP contribution in [0.2, 0.25) is 0 Å². The van der Waals surface area contributed by atoms with E-state index in [2.05, 4.69) is 17.0 Å². The van der Waals surface area contributed by atoms with Gasteiger partial charge in [0, 0.05) is 50.4 Å². The Balaban J connectivity index is 1.14. The van der Waals surface area contributed by atoms with Gasteiger partial charge in [-0.1, -0.05) is 36.4 Å². The fourth-order valence-corrected chi connectivity index (χ4v) is 8.88. The summed E-state index contributed by atoms with van der Waals surface area (Å²) in [5, 5.41) is 21.6. The van der Waals surface area contributed by atoms with E-state index in [9.17, 15) is 38.6 Å². The Morgan fingerprint density at radius 3 is 1.89 bits per heavy atom. The molecule has 0 spiro atoms. The molecule has 2 amide bonds. The Kier molecular flexibility index (Phi) is 14.3. The molecular weight excluding hydrogens is 796 g/mol. The van der Waals surface area contributed by atoms with Crippen LogP contribution in [-0.2, 0) is 59.4 Å². The zero-order valence-electron chi connectivity index (χ0n) is 36.6. The third kappa shape index (κ3) is 10.9. The predicted octanol–water partition coefficient (Wildman–Crippen LogP) is 5.66. The lowest BCUT2D eigenvalue weighted by Gasteiger charge is -2.34. The number of ketones is 1. The molecule has 0 bridgehead atoms. The van der Waals surface area contributed by atoms with Crippen molar-refractivity contribution in [2.75, 3.05) is 32.2 Å². The smallest absolute Gasteiger partial charge is 0.306 e. The normalized spacial score (nSPS) is 18.5. The maximum Gasteiger partial charge on any atom is 0.306 e. The molecule has 3 aliphatic rings. The Morgan fingerprint density at radius 2 is 1.29 bits per heavy atom. The number of esters is 2. The number of rotatable bonds is 17. The number of carbonyl (C=O) groups excluding carboxylic acids is 5. The van der Waals surface area contributed by atoms with Crippen LogP contribution in [0.15, 0.2) is 71.7 Å². The number of fused-ring (bicyclic) bond motifs is 1. The number of ether oxygens (including phenoxy) is 2. The number of anilines is 1. The van der Waals surface area contributed by atoms with Gasteiger partial charge in [0.05, 0.1) is 67.9 Å². The van der Waals surface area contributed by atoms with Crippen LogP contribution in [-0.4, -0.2) is 106 Å². The van der Waals surface area contributed by atoms with Crippen LogP contribution in [0.3, 0.4) is 0 Å². The average Bonchev–Trinajstić information content (AvgIpc) is 4.01. The first-order valence-corrected chi connectivity index (χ1v) is 21.4. The van der Waals surface area contributed by atoms with Gasteiger partial charge in [0.25, 0.3) is 0 Å². The van der Waals surface area contributed by atoms with E-state index in [4.69, 9.17) is 14.5 Å². The zero-order valence-corrected chi connectivity index (χ0v) is 36.6.